The fraction of sp³-hybridized carbons (Fsp3) is 0.333. The van der Waals surface area contributed by atoms with Gasteiger partial charge in [0.1, 0.15) is 5.01 Å². The standard InChI is InChI=1S/C36H41N5O4S/c1-6-41(7-2)17-16-37-35(44)33-22(4)30(38-23(33)5)20-28-27-19-25(13-14-29(27)39-34(28)43)31-21-46-36(40-31)26-11-9-10-24(18-26)12-15-32(42)45-8-3/h9-11,13-14,18-21,38H,6-8,12,15-17H2,1-5H3,(H,37,44)(H,39,43). The predicted octanol–water partition coefficient (Wildman–Crippen LogP) is 6.48. The molecule has 3 N–H and O–H groups in total. The summed E-state index contributed by atoms with van der Waals surface area (Å²) in [6, 6.07) is 13.9. The van der Waals surface area contributed by atoms with Crippen molar-refractivity contribution in [1.82, 2.24) is 20.2 Å². The molecule has 0 unspecified atom stereocenters. The van der Waals surface area contributed by atoms with Gasteiger partial charge in [-0.3, -0.25) is 14.4 Å². The molecule has 0 fully saturated rings. The molecule has 4 aromatic rings. The number of hydrogen-bond donors (Lipinski definition) is 3. The van der Waals surface area contributed by atoms with Gasteiger partial charge in [0.25, 0.3) is 11.8 Å². The summed E-state index contributed by atoms with van der Waals surface area (Å²) in [5, 5.41) is 8.90. The normalized spacial score (nSPS) is 13.3. The Labute approximate surface area is 274 Å². The zero-order valence-electron chi connectivity index (χ0n) is 27.1. The minimum atomic E-state index is -0.198. The number of aryl methyl sites for hydroxylation is 2. The van der Waals surface area contributed by atoms with E-state index in [1.54, 1.807) is 11.3 Å². The average molecular weight is 640 g/mol. The van der Waals surface area contributed by atoms with Crippen molar-refractivity contribution < 1.29 is 19.1 Å². The van der Waals surface area contributed by atoms with E-state index in [9.17, 15) is 14.4 Å². The smallest absolute Gasteiger partial charge is 0.306 e. The molecule has 0 saturated heterocycles. The van der Waals surface area contributed by atoms with E-state index < -0.39 is 0 Å². The Hall–Kier alpha value is -4.54. The first kappa shape index (κ1) is 32.8. The Bertz CT molecular complexity index is 1780. The number of aromatic nitrogens is 2. The average Bonchev–Trinajstić information content (AvgIpc) is 3.74. The maximum Gasteiger partial charge on any atom is 0.306 e. The highest BCUT2D eigenvalue weighted by molar-refractivity contribution is 7.13. The summed E-state index contributed by atoms with van der Waals surface area (Å²) in [4.78, 5) is 48.5. The first-order valence-corrected chi connectivity index (χ1v) is 16.7. The van der Waals surface area contributed by atoms with Gasteiger partial charge in [0.05, 0.1) is 23.4 Å². The number of H-pyrrole nitrogens is 1. The van der Waals surface area contributed by atoms with Crippen LogP contribution in [0.4, 0.5) is 5.69 Å². The molecular weight excluding hydrogens is 598 g/mol. The summed E-state index contributed by atoms with van der Waals surface area (Å²) in [6.07, 6.45) is 2.77. The minimum Gasteiger partial charge on any atom is -0.466 e. The Morgan fingerprint density at radius 2 is 1.87 bits per heavy atom. The topological polar surface area (TPSA) is 116 Å². The lowest BCUT2D eigenvalue weighted by molar-refractivity contribution is -0.143. The lowest BCUT2D eigenvalue weighted by Gasteiger charge is -2.18. The molecule has 0 atom stereocenters. The molecule has 2 aromatic carbocycles. The fourth-order valence-corrected chi connectivity index (χ4v) is 6.55. The number of aromatic amines is 1. The highest BCUT2D eigenvalue weighted by Crippen LogP contribution is 2.38. The first-order valence-electron chi connectivity index (χ1n) is 15.8. The van der Waals surface area contributed by atoms with Gasteiger partial charge in [0.2, 0.25) is 0 Å². The molecule has 0 saturated carbocycles. The number of nitrogens with zero attached hydrogens (tertiary/aromatic N) is 2. The van der Waals surface area contributed by atoms with Gasteiger partial charge in [0, 0.05) is 58.7 Å². The molecule has 9 nitrogen and oxygen atoms in total. The van der Waals surface area contributed by atoms with Crippen LogP contribution in [0.1, 0.15) is 65.6 Å². The maximum absolute atomic E-state index is 13.1. The number of esters is 1. The van der Waals surface area contributed by atoms with Crippen molar-refractivity contribution in [3.05, 3.63) is 81.5 Å². The van der Waals surface area contributed by atoms with Crippen molar-refractivity contribution in [2.75, 3.05) is 38.1 Å². The van der Waals surface area contributed by atoms with Gasteiger partial charge in [-0.25, -0.2) is 4.98 Å². The van der Waals surface area contributed by atoms with Crippen molar-refractivity contribution >= 4 is 46.5 Å². The second kappa shape index (κ2) is 14.7. The van der Waals surface area contributed by atoms with Crippen LogP contribution in [-0.2, 0) is 20.7 Å². The SMILES string of the molecule is CCOC(=O)CCc1cccc(-c2nc(-c3ccc4c(c3)C(=Cc3[nH]c(C)c(C(=O)NCCN(CC)CC)c3C)C(=O)N4)cs2)c1. The van der Waals surface area contributed by atoms with E-state index in [0.29, 0.717) is 37.1 Å². The van der Waals surface area contributed by atoms with Crippen molar-refractivity contribution in [3.8, 4) is 21.8 Å². The summed E-state index contributed by atoms with van der Waals surface area (Å²) in [7, 11) is 0. The third-order valence-corrected chi connectivity index (χ3v) is 9.19. The number of rotatable bonds is 13. The van der Waals surface area contributed by atoms with Crippen LogP contribution in [0.3, 0.4) is 0 Å². The van der Waals surface area contributed by atoms with Crippen molar-refractivity contribution in [2.45, 2.75) is 47.5 Å². The highest BCUT2D eigenvalue weighted by Gasteiger charge is 2.26. The Kier molecular flexibility index (Phi) is 10.5. The number of amides is 2. The van der Waals surface area contributed by atoms with Crippen molar-refractivity contribution in [3.63, 3.8) is 0 Å². The van der Waals surface area contributed by atoms with E-state index in [1.807, 2.05) is 68.6 Å². The van der Waals surface area contributed by atoms with E-state index in [1.165, 1.54) is 0 Å². The third-order valence-electron chi connectivity index (χ3n) is 8.30. The van der Waals surface area contributed by atoms with E-state index >= 15 is 0 Å². The molecule has 3 heterocycles. The molecule has 10 heteroatoms. The van der Waals surface area contributed by atoms with Crippen molar-refractivity contribution in [2.24, 2.45) is 0 Å². The molecule has 0 radical (unpaired) electrons. The van der Waals surface area contributed by atoms with Gasteiger partial charge in [0.15, 0.2) is 0 Å². The lowest BCUT2D eigenvalue weighted by Crippen LogP contribution is -2.35. The second-order valence-corrected chi connectivity index (χ2v) is 12.1. The predicted molar refractivity (Wildman–Crippen MR) is 185 cm³/mol. The number of benzene rings is 2. The van der Waals surface area contributed by atoms with Gasteiger partial charge in [-0.1, -0.05) is 38.1 Å². The highest BCUT2D eigenvalue weighted by atomic mass is 32.1. The summed E-state index contributed by atoms with van der Waals surface area (Å²) >= 11 is 1.55. The number of ether oxygens (including phenoxy) is 1. The van der Waals surface area contributed by atoms with Gasteiger partial charge in [-0.15, -0.1) is 11.3 Å². The first-order chi connectivity index (χ1) is 22.2. The number of hydrogen-bond acceptors (Lipinski definition) is 7. The number of likely N-dealkylation sites (N-methyl/N-ethyl adjacent to an activating group) is 1. The quantitative estimate of drug-likeness (QED) is 0.114. The van der Waals surface area contributed by atoms with Crippen molar-refractivity contribution in [1.29, 1.82) is 0 Å². The molecular formula is C36H41N5O4S. The zero-order valence-corrected chi connectivity index (χ0v) is 27.9. The number of anilines is 1. The van der Waals surface area contributed by atoms with Crippen LogP contribution in [0, 0.1) is 13.8 Å². The maximum atomic E-state index is 13.1. The van der Waals surface area contributed by atoms with Crippen LogP contribution in [0.25, 0.3) is 33.5 Å². The van der Waals surface area contributed by atoms with Crippen LogP contribution in [0.2, 0.25) is 0 Å². The minimum absolute atomic E-state index is 0.120. The van der Waals surface area contributed by atoms with Crippen LogP contribution in [0.5, 0.6) is 0 Å². The molecule has 1 aliphatic rings. The summed E-state index contributed by atoms with van der Waals surface area (Å²) in [5.41, 5.74) is 8.70. The monoisotopic (exact) mass is 639 g/mol. The van der Waals surface area contributed by atoms with Gasteiger partial charge < -0.3 is 25.3 Å². The molecule has 46 heavy (non-hydrogen) atoms. The number of carbonyl (C=O) groups excluding carboxylic acids is 3. The molecule has 2 aromatic heterocycles. The second-order valence-electron chi connectivity index (χ2n) is 11.3. The molecule has 5 rings (SSSR count). The zero-order chi connectivity index (χ0) is 32.8. The molecule has 240 valence electrons. The number of fused-ring (bicyclic) bond motifs is 1. The Morgan fingerprint density at radius 3 is 2.63 bits per heavy atom. The van der Waals surface area contributed by atoms with Crippen LogP contribution >= 0.6 is 11.3 Å². The summed E-state index contributed by atoms with van der Waals surface area (Å²) in [6.45, 7) is 13.4. The number of nitrogens with one attached hydrogen (secondary N) is 3. The third kappa shape index (κ3) is 7.29. The molecule has 0 spiro atoms. The Morgan fingerprint density at radius 1 is 1.07 bits per heavy atom. The van der Waals surface area contributed by atoms with Gasteiger partial charge in [-0.05, 0) is 75.7 Å². The van der Waals surface area contributed by atoms with E-state index in [0.717, 1.165) is 75.2 Å². The van der Waals surface area contributed by atoms with E-state index in [-0.39, 0.29) is 17.8 Å². The van der Waals surface area contributed by atoms with Crippen LogP contribution in [-0.4, -0.2) is 65.4 Å². The Balaban J connectivity index is 1.35. The molecule has 1 aliphatic heterocycles. The molecule has 0 bridgehead atoms. The largest absolute Gasteiger partial charge is 0.466 e. The van der Waals surface area contributed by atoms with E-state index in [4.69, 9.17) is 9.72 Å². The molecule has 0 aliphatic carbocycles. The van der Waals surface area contributed by atoms with Crippen LogP contribution < -0.4 is 10.6 Å². The number of carbonyl (C=O) groups is 3. The van der Waals surface area contributed by atoms with Gasteiger partial charge in [-0.2, -0.15) is 0 Å². The number of thiazole rings is 1. The van der Waals surface area contributed by atoms with E-state index in [2.05, 4.69) is 40.4 Å². The van der Waals surface area contributed by atoms with Crippen LogP contribution in [0.15, 0.2) is 47.8 Å². The van der Waals surface area contributed by atoms with Gasteiger partial charge >= 0.3 is 5.97 Å². The lowest BCUT2D eigenvalue weighted by atomic mass is 10.0. The molecule has 2 amide bonds. The summed E-state index contributed by atoms with van der Waals surface area (Å²) < 4.78 is 5.06. The summed E-state index contributed by atoms with van der Waals surface area (Å²) in [5.74, 6) is -0.510. The fourth-order valence-electron chi connectivity index (χ4n) is 5.73.